The predicted octanol–water partition coefficient (Wildman–Crippen LogP) is 6.92. The highest BCUT2D eigenvalue weighted by Crippen LogP contribution is 2.38. The summed E-state index contributed by atoms with van der Waals surface area (Å²) >= 11 is 0.953. The molecule has 1 aliphatic rings. The molecule has 1 N–H and O–H groups in total. The molecule has 0 radical (unpaired) electrons. The van der Waals surface area contributed by atoms with Gasteiger partial charge in [0.05, 0.1) is 22.1 Å². The molecule has 0 bridgehead atoms. The third-order valence-corrected chi connectivity index (χ3v) is 5.45. The van der Waals surface area contributed by atoms with E-state index in [9.17, 15) is 31.1 Å². The van der Waals surface area contributed by atoms with Gasteiger partial charge >= 0.3 is 12.4 Å². The van der Waals surface area contributed by atoms with E-state index in [4.69, 9.17) is 9.47 Å². The number of carbonyl (C=O) groups excluding carboxylic acids is 1. The molecule has 0 atom stereocenters. The molecule has 0 saturated carbocycles. The lowest BCUT2D eigenvalue weighted by Crippen LogP contribution is -2.18. The van der Waals surface area contributed by atoms with Crippen LogP contribution >= 0.6 is 11.8 Å². The fraction of sp³-hybridized carbons (Fsp3) is 0.304. The number of carbonyl (C=O) groups is 1. The second-order valence-electron chi connectivity index (χ2n) is 7.62. The lowest BCUT2D eigenvalue weighted by Gasteiger charge is -2.18. The minimum Gasteiger partial charge on any atom is -0.487 e. The van der Waals surface area contributed by atoms with E-state index < -0.39 is 35.6 Å². The maximum absolute atomic E-state index is 13.4. The van der Waals surface area contributed by atoms with Gasteiger partial charge < -0.3 is 14.8 Å². The van der Waals surface area contributed by atoms with Gasteiger partial charge in [-0.3, -0.25) is 9.79 Å². The third kappa shape index (κ3) is 6.71. The number of nitrogens with one attached hydrogen (secondary N) is 1. The number of aliphatic imine (C=N–C) groups is 1. The molecule has 1 amide bonds. The SMILES string of the molecule is CN=C1NC(=O)SC1=Cc1ccc(OCc2ccc(C(F)(F)F)cc2C(F)(F)F)c(OC(C)C)c1. The van der Waals surface area contributed by atoms with Gasteiger partial charge in [0, 0.05) is 12.6 Å². The molecular weight excluding hydrogens is 498 g/mol. The van der Waals surface area contributed by atoms with Crippen LogP contribution in [0.3, 0.4) is 0 Å². The van der Waals surface area contributed by atoms with E-state index >= 15 is 0 Å². The van der Waals surface area contributed by atoms with E-state index in [1.165, 1.54) is 13.1 Å². The van der Waals surface area contributed by atoms with Gasteiger partial charge in [-0.2, -0.15) is 26.3 Å². The Morgan fingerprint density at radius 1 is 1.03 bits per heavy atom. The van der Waals surface area contributed by atoms with E-state index in [1.807, 2.05) is 0 Å². The molecule has 12 heteroatoms. The van der Waals surface area contributed by atoms with E-state index in [0.29, 0.717) is 22.4 Å². The van der Waals surface area contributed by atoms with Crippen LogP contribution in [0.1, 0.15) is 36.1 Å². The second-order valence-corrected chi connectivity index (χ2v) is 8.64. The Morgan fingerprint density at radius 2 is 1.74 bits per heavy atom. The standard InChI is InChI=1S/C23H20F6N2O3S/c1-12(2)34-18-8-13(9-19-20(30-3)31-21(32)35-19)4-7-17(18)33-11-14-5-6-15(22(24,25)26)10-16(14)23(27,28)29/h4-10,12H,11H2,1-3H3,(H,30,31,32). The zero-order chi connectivity index (χ0) is 26.0. The first-order chi connectivity index (χ1) is 16.3. The van der Waals surface area contributed by atoms with Gasteiger partial charge in [-0.1, -0.05) is 12.1 Å². The van der Waals surface area contributed by atoms with Gasteiger partial charge in [-0.05, 0) is 61.5 Å². The number of rotatable bonds is 6. The number of nitrogens with zero attached hydrogens (tertiary/aromatic N) is 1. The van der Waals surface area contributed by atoms with Crippen molar-refractivity contribution in [1.82, 2.24) is 5.32 Å². The maximum Gasteiger partial charge on any atom is 0.416 e. The van der Waals surface area contributed by atoms with Crippen molar-refractivity contribution >= 4 is 28.9 Å². The number of benzene rings is 2. The Balaban J connectivity index is 1.91. The molecule has 2 aromatic rings. The highest BCUT2D eigenvalue weighted by molar-refractivity contribution is 8.18. The molecule has 3 rings (SSSR count). The Kier molecular flexibility index (Phi) is 7.73. The molecule has 1 heterocycles. The number of hydrogen-bond acceptors (Lipinski definition) is 5. The predicted molar refractivity (Wildman–Crippen MR) is 120 cm³/mol. The molecule has 0 aromatic heterocycles. The van der Waals surface area contributed by atoms with Crippen LogP contribution in [0.15, 0.2) is 46.3 Å². The van der Waals surface area contributed by atoms with E-state index in [2.05, 4.69) is 10.3 Å². The van der Waals surface area contributed by atoms with Crippen molar-refractivity contribution in [3.8, 4) is 11.5 Å². The molecule has 1 saturated heterocycles. The third-order valence-electron chi connectivity index (χ3n) is 4.63. The van der Waals surface area contributed by atoms with Crippen LogP contribution in [0.25, 0.3) is 6.08 Å². The Morgan fingerprint density at radius 3 is 2.34 bits per heavy atom. The van der Waals surface area contributed by atoms with Crippen LogP contribution in [0.5, 0.6) is 11.5 Å². The first-order valence-corrected chi connectivity index (χ1v) is 11.0. The van der Waals surface area contributed by atoms with Crippen LogP contribution in [0.2, 0.25) is 0 Å². The molecular formula is C23H20F6N2O3S. The molecule has 188 valence electrons. The van der Waals surface area contributed by atoms with Gasteiger partial charge in [0.15, 0.2) is 11.5 Å². The summed E-state index contributed by atoms with van der Waals surface area (Å²) in [5.74, 6) is 0.715. The summed E-state index contributed by atoms with van der Waals surface area (Å²) in [4.78, 5) is 16.2. The molecule has 0 unspecified atom stereocenters. The van der Waals surface area contributed by atoms with Crippen molar-refractivity contribution in [3.05, 3.63) is 63.6 Å². The first-order valence-electron chi connectivity index (χ1n) is 10.2. The quantitative estimate of drug-likeness (QED) is 0.422. The highest BCUT2D eigenvalue weighted by Gasteiger charge is 2.38. The van der Waals surface area contributed by atoms with Crippen LogP contribution in [-0.2, 0) is 19.0 Å². The van der Waals surface area contributed by atoms with Crippen molar-refractivity contribution < 1.29 is 40.6 Å². The van der Waals surface area contributed by atoms with Gasteiger partial charge in [-0.15, -0.1) is 0 Å². The number of hydrogen-bond donors (Lipinski definition) is 1. The number of amidine groups is 1. The van der Waals surface area contributed by atoms with Crippen molar-refractivity contribution in [3.63, 3.8) is 0 Å². The molecule has 35 heavy (non-hydrogen) atoms. The van der Waals surface area contributed by atoms with Crippen LogP contribution in [-0.4, -0.2) is 24.2 Å². The zero-order valence-electron chi connectivity index (χ0n) is 18.7. The van der Waals surface area contributed by atoms with Crippen molar-refractivity contribution in [2.75, 3.05) is 7.05 Å². The first kappa shape index (κ1) is 26.5. The fourth-order valence-electron chi connectivity index (χ4n) is 3.13. The number of halogens is 6. The van der Waals surface area contributed by atoms with Crippen molar-refractivity contribution in [1.29, 1.82) is 0 Å². The number of thioether (sulfide) groups is 1. The van der Waals surface area contributed by atoms with E-state index in [-0.39, 0.29) is 28.9 Å². The minimum atomic E-state index is -5.00. The zero-order valence-corrected chi connectivity index (χ0v) is 19.5. The summed E-state index contributed by atoms with van der Waals surface area (Å²) in [7, 11) is 1.52. The Labute approximate surface area is 201 Å². The lowest BCUT2D eigenvalue weighted by atomic mass is 10.0. The van der Waals surface area contributed by atoms with Crippen molar-refractivity contribution in [2.24, 2.45) is 4.99 Å². The number of amides is 1. The molecule has 1 fully saturated rings. The van der Waals surface area contributed by atoms with Crippen LogP contribution in [0.4, 0.5) is 31.1 Å². The summed E-state index contributed by atoms with van der Waals surface area (Å²) in [5.41, 5.74) is -2.68. The minimum absolute atomic E-state index is 0.0704. The monoisotopic (exact) mass is 518 g/mol. The summed E-state index contributed by atoms with van der Waals surface area (Å²) < 4.78 is 90.3. The van der Waals surface area contributed by atoms with E-state index in [0.717, 1.165) is 17.8 Å². The second kappa shape index (κ2) is 10.2. The Hall–Kier alpha value is -3.15. The van der Waals surface area contributed by atoms with Gasteiger partial charge in [0.1, 0.15) is 12.4 Å². The van der Waals surface area contributed by atoms with Crippen LogP contribution < -0.4 is 14.8 Å². The molecule has 5 nitrogen and oxygen atoms in total. The molecule has 1 aliphatic heterocycles. The van der Waals surface area contributed by atoms with Crippen LogP contribution in [0, 0.1) is 0 Å². The largest absolute Gasteiger partial charge is 0.487 e. The Bertz CT molecular complexity index is 1170. The topological polar surface area (TPSA) is 59.9 Å². The van der Waals surface area contributed by atoms with Gasteiger partial charge in [-0.25, -0.2) is 0 Å². The molecule has 0 spiro atoms. The smallest absolute Gasteiger partial charge is 0.416 e. The average Bonchev–Trinajstić information content (AvgIpc) is 3.10. The summed E-state index contributed by atoms with van der Waals surface area (Å²) in [6.45, 7) is 2.84. The highest BCUT2D eigenvalue weighted by atomic mass is 32.2. The van der Waals surface area contributed by atoms with Gasteiger partial charge in [0.2, 0.25) is 0 Å². The van der Waals surface area contributed by atoms with Crippen molar-refractivity contribution in [2.45, 2.75) is 38.9 Å². The van der Waals surface area contributed by atoms with Gasteiger partial charge in [0.25, 0.3) is 5.24 Å². The summed E-state index contributed by atoms with van der Waals surface area (Å²) in [6, 6.07) is 6.05. The lowest BCUT2D eigenvalue weighted by molar-refractivity contribution is -0.143. The summed E-state index contributed by atoms with van der Waals surface area (Å²) in [6.07, 6.45) is -8.55. The number of alkyl halides is 6. The average molecular weight is 518 g/mol. The summed E-state index contributed by atoms with van der Waals surface area (Å²) in [5, 5.41) is 2.30. The molecule has 0 aliphatic carbocycles. The van der Waals surface area contributed by atoms with E-state index in [1.54, 1.807) is 32.1 Å². The number of ether oxygens (including phenoxy) is 2. The normalized spacial score (nSPS) is 16.8. The maximum atomic E-state index is 13.4. The molecule has 2 aromatic carbocycles. The fourth-order valence-corrected chi connectivity index (χ4v) is 3.91.